The van der Waals surface area contributed by atoms with Crippen LogP contribution in [0.3, 0.4) is 0 Å². The second-order valence-electron chi connectivity index (χ2n) is 5.88. The first-order valence-electron chi connectivity index (χ1n) is 7.65. The van der Waals surface area contributed by atoms with Crippen LogP contribution in [-0.2, 0) is 6.54 Å². The van der Waals surface area contributed by atoms with Crippen LogP contribution in [0.1, 0.15) is 20.8 Å². The number of hydrogen-bond donors (Lipinski definition) is 0. The number of hydrogen-bond acceptors (Lipinski definition) is 5. The van der Waals surface area contributed by atoms with Crippen molar-refractivity contribution in [3.8, 4) is 23.2 Å². The van der Waals surface area contributed by atoms with Crippen LogP contribution >= 0.6 is 11.8 Å². The molecular weight excluding hydrogens is 308 g/mol. The highest BCUT2D eigenvalue weighted by molar-refractivity contribution is 7.99. The van der Waals surface area contributed by atoms with Gasteiger partial charge >= 0.3 is 0 Å². The molecule has 1 aromatic carbocycles. The minimum Gasteiger partial charge on any atom is -0.497 e. The number of benzene rings is 1. The molecule has 0 bridgehead atoms. The number of nitrogens with zero attached hydrogens (tertiary/aromatic N) is 4. The molecule has 0 aliphatic rings. The van der Waals surface area contributed by atoms with E-state index in [0.717, 1.165) is 34.6 Å². The van der Waals surface area contributed by atoms with E-state index in [1.807, 2.05) is 31.2 Å². The fourth-order valence-electron chi connectivity index (χ4n) is 2.12. The van der Waals surface area contributed by atoms with Gasteiger partial charge in [0.1, 0.15) is 5.75 Å². The van der Waals surface area contributed by atoms with Gasteiger partial charge in [-0.15, -0.1) is 10.2 Å². The Labute approximate surface area is 141 Å². The van der Waals surface area contributed by atoms with Gasteiger partial charge in [0.05, 0.1) is 19.1 Å². The number of ether oxygens (including phenoxy) is 1. The Hall–Kier alpha value is -2.00. The molecule has 0 saturated heterocycles. The molecule has 2 aromatic rings. The predicted octanol–water partition coefficient (Wildman–Crippen LogP) is 3.86. The van der Waals surface area contributed by atoms with Crippen LogP contribution in [0.2, 0.25) is 0 Å². The van der Waals surface area contributed by atoms with Gasteiger partial charge in [-0.2, -0.15) is 5.26 Å². The maximum atomic E-state index is 8.94. The smallest absolute Gasteiger partial charge is 0.191 e. The van der Waals surface area contributed by atoms with Crippen molar-refractivity contribution < 1.29 is 4.74 Å². The van der Waals surface area contributed by atoms with E-state index >= 15 is 0 Å². The molecular formula is C17H22N4OS. The number of thioether (sulfide) groups is 1. The summed E-state index contributed by atoms with van der Waals surface area (Å²) in [4.78, 5) is 0. The third-order valence-corrected chi connectivity index (χ3v) is 4.52. The Bertz CT molecular complexity index is 673. The van der Waals surface area contributed by atoms with Crippen LogP contribution in [0.15, 0.2) is 29.4 Å². The van der Waals surface area contributed by atoms with Crippen molar-refractivity contribution in [2.24, 2.45) is 11.8 Å². The van der Waals surface area contributed by atoms with Crippen molar-refractivity contribution in [1.82, 2.24) is 14.8 Å². The average Bonchev–Trinajstić information content (AvgIpc) is 2.94. The van der Waals surface area contributed by atoms with E-state index in [9.17, 15) is 0 Å². The molecule has 0 fully saturated rings. The lowest BCUT2D eigenvalue weighted by Crippen LogP contribution is -2.08. The SMILES string of the molecule is COc1ccc(-c2nnc(SC[C@H](C)C#N)n2CC(C)C)cc1. The lowest BCUT2D eigenvalue weighted by molar-refractivity contribution is 0.415. The van der Waals surface area contributed by atoms with Crippen LogP contribution < -0.4 is 4.74 Å². The number of rotatable bonds is 7. The minimum absolute atomic E-state index is 0.00589. The third-order valence-electron chi connectivity index (χ3n) is 3.30. The third kappa shape index (κ3) is 4.49. The highest BCUT2D eigenvalue weighted by Crippen LogP contribution is 2.27. The molecule has 0 unspecified atom stereocenters. The quantitative estimate of drug-likeness (QED) is 0.721. The van der Waals surface area contributed by atoms with Crippen molar-refractivity contribution in [3.63, 3.8) is 0 Å². The maximum Gasteiger partial charge on any atom is 0.191 e. The molecule has 1 heterocycles. The zero-order chi connectivity index (χ0) is 16.8. The van der Waals surface area contributed by atoms with E-state index in [0.29, 0.717) is 5.92 Å². The fourth-order valence-corrected chi connectivity index (χ4v) is 3.00. The summed E-state index contributed by atoms with van der Waals surface area (Å²) >= 11 is 1.59. The first-order valence-corrected chi connectivity index (χ1v) is 8.63. The Morgan fingerprint density at radius 1 is 1.22 bits per heavy atom. The van der Waals surface area contributed by atoms with Gasteiger partial charge < -0.3 is 9.30 Å². The molecule has 2 rings (SSSR count). The molecule has 1 atom stereocenters. The van der Waals surface area contributed by atoms with Crippen molar-refractivity contribution in [2.45, 2.75) is 32.5 Å². The van der Waals surface area contributed by atoms with Gasteiger partial charge in [-0.05, 0) is 37.1 Å². The van der Waals surface area contributed by atoms with E-state index in [-0.39, 0.29) is 5.92 Å². The lowest BCUT2D eigenvalue weighted by atomic mass is 10.2. The summed E-state index contributed by atoms with van der Waals surface area (Å²) in [5.41, 5.74) is 1.01. The van der Waals surface area contributed by atoms with E-state index < -0.39 is 0 Å². The number of aromatic nitrogens is 3. The van der Waals surface area contributed by atoms with Crippen LogP contribution in [0.25, 0.3) is 11.4 Å². The number of nitriles is 1. The van der Waals surface area contributed by atoms with Crippen molar-refractivity contribution in [2.75, 3.05) is 12.9 Å². The van der Waals surface area contributed by atoms with Gasteiger partial charge in [0, 0.05) is 17.9 Å². The normalized spacial score (nSPS) is 12.2. The highest BCUT2D eigenvalue weighted by atomic mass is 32.2. The van der Waals surface area contributed by atoms with Gasteiger partial charge in [0.15, 0.2) is 11.0 Å². The molecule has 0 aliphatic heterocycles. The zero-order valence-corrected chi connectivity index (χ0v) is 14.8. The molecule has 0 saturated carbocycles. The summed E-state index contributed by atoms with van der Waals surface area (Å²) < 4.78 is 7.34. The van der Waals surface area contributed by atoms with Gasteiger partial charge in [-0.1, -0.05) is 25.6 Å². The zero-order valence-electron chi connectivity index (χ0n) is 14.0. The van der Waals surface area contributed by atoms with E-state index in [1.54, 1.807) is 18.9 Å². The Kier molecular flexibility index (Phi) is 6.05. The Morgan fingerprint density at radius 3 is 2.48 bits per heavy atom. The van der Waals surface area contributed by atoms with Gasteiger partial charge in [0.2, 0.25) is 0 Å². The first-order chi connectivity index (χ1) is 11.0. The largest absolute Gasteiger partial charge is 0.497 e. The van der Waals surface area contributed by atoms with Gasteiger partial charge in [-0.3, -0.25) is 0 Å². The topological polar surface area (TPSA) is 63.7 Å². The van der Waals surface area contributed by atoms with E-state index in [1.165, 1.54) is 0 Å². The molecule has 6 heteroatoms. The van der Waals surface area contributed by atoms with E-state index in [2.05, 4.69) is 34.7 Å². The highest BCUT2D eigenvalue weighted by Gasteiger charge is 2.16. The standard InChI is InChI=1S/C17H22N4OS/c1-12(2)10-21-16(14-5-7-15(22-4)8-6-14)19-20-17(21)23-11-13(3)9-18/h5-8,12-13H,10-11H2,1-4H3/t13-/m1/s1. The minimum atomic E-state index is -0.00589. The van der Waals surface area contributed by atoms with Crippen molar-refractivity contribution in [1.29, 1.82) is 5.26 Å². The summed E-state index contributed by atoms with van der Waals surface area (Å²) in [5, 5.41) is 18.5. The van der Waals surface area contributed by atoms with Crippen molar-refractivity contribution in [3.05, 3.63) is 24.3 Å². The van der Waals surface area contributed by atoms with Gasteiger partial charge in [0.25, 0.3) is 0 Å². The first kappa shape index (κ1) is 17.4. The predicted molar refractivity (Wildman–Crippen MR) is 92.3 cm³/mol. The van der Waals surface area contributed by atoms with Gasteiger partial charge in [-0.25, -0.2) is 0 Å². The second kappa shape index (κ2) is 8.02. The molecule has 5 nitrogen and oxygen atoms in total. The van der Waals surface area contributed by atoms with Crippen LogP contribution in [-0.4, -0.2) is 27.6 Å². The van der Waals surface area contributed by atoms with Crippen molar-refractivity contribution >= 4 is 11.8 Å². The molecule has 0 radical (unpaired) electrons. The number of methoxy groups -OCH3 is 1. The Morgan fingerprint density at radius 2 is 1.91 bits per heavy atom. The molecule has 0 amide bonds. The second-order valence-corrected chi connectivity index (χ2v) is 6.87. The molecule has 23 heavy (non-hydrogen) atoms. The van der Waals surface area contributed by atoms with Crippen LogP contribution in [0.5, 0.6) is 5.75 Å². The Balaban J connectivity index is 2.31. The summed E-state index contributed by atoms with van der Waals surface area (Å²) in [7, 11) is 1.65. The summed E-state index contributed by atoms with van der Waals surface area (Å²) in [6.45, 7) is 7.10. The molecule has 1 aromatic heterocycles. The van der Waals surface area contributed by atoms with Crippen LogP contribution in [0.4, 0.5) is 0 Å². The molecule has 0 spiro atoms. The summed E-state index contributed by atoms with van der Waals surface area (Å²) in [5.74, 6) is 2.87. The monoisotopic (exact) mass is 330 g/mol. The average molecular weight is 330 g/mol. The molecule has 0 N–H and O–H groups in total. The lowest BCUT2D eigenvalue weighted by Gasteiger charge is -2.13. The molecule has 0 aliphatic carbocycles. The summed E-state index contributed by atoms with van der Waals surface area (Å²) in [6, 6.07) is 10.1. The molecule has 122 valence electrons. The summed E-state index contributed by atoms with van der Waals surface area (Å²) in [6.07, 6.45) is 0. The fraction of sp³-hybridized carbons (Fsp3) is 0.471. The van der Waals surface area contributed by atoms with Crippen LogP contribution in [0, 0.1) is 23.2 Å². The van der Waals surface area contributed by atoms with E-state index in [4.69, 9.17) is 10.00 Å². The maximum absolute atomic E-state index is 8.94.